The van der Waals surface area contributed by atoms with Gasteiger partial charge in [0, 0.05) is 0 Å². The number of aliphatic hydroxyl groups is 4. The van der Waals surface area contributed by atoms with Gasteiger partial charge in [0.05, 0.1) is 0 Å². The van der Waals surface area contributed by atoms with Crippen molar-refractivity contribution in [3.63, 3.8) is 0 Å². The van der Waals surface area contributed by atoms with Gasteiger partial charge in [0.25, 0.3) is 0 Å². The van der Waals surface area contributed by atoms with E-state index < -0.39 is 37.4 Å². The largest absolute Gasteiger partial charge is 0.387 e. The van der Waals surface area contributed by atoms with E-state index in [0.29, 0.717) is 0 Å². The zero-order valence-electron chi connectivity index (χ0n) is 6.17. The Bertz CT molecular complexity index is 150. The third kappa shape index (κ3) is 1.57. The maximum Gasteiger partial charge on any atom is 0.184 e. The number of aliphatic hydroxyl groups excluding tert-OH is 4. The summed E-state index contributed by atoms with van der Waals surface area (Å²) in [6, 6.07) is 0. The average molecular weight is 182 g/mol. The first-order valence-electron chi connectivity index (χ1n) is 3.51. The van der Waals surface area contributed by atoms with Crippen molar-refractivity contribution in [2.24, 2.45) is 0 Å². The van der Waals surface area contributed by atoms with Gasteiger partial charge in [-0.3, -0.25) is 0 Å². The molecule has 72 valence electrons. The minimum absolute atomic E-state index is 1.03. The van der Waals surface area contributed by atoms with E-state index >= 15 is 0 Å². The second-order valence-corrected chi connectivity index (χ2v) is 2.69. The van der Waals surface area contributed by atoms with Crippen LogP contribution >= 0.6 is 0 Å². The number of hydrogen-bond acceptors (Lipinski definition) is 5. The van der Waals surface area contributed by atoms with E-state index in [-0.39, 0.29) is 0 Å². The van der Waals surface area contributed by atoms with E-state index in [1.54, 1.807) is 0 Å². The molecule has 4 N–H and O–H groups in total. The van der Waals surface area contributed by atoms with Crippen LogP contribution in [-0.2, 0) is 4.74 Å². The molecule has 0 amide bonds. The summed E-state index contributed by atoms with van der Waals surface area (Å²) in [6.45, 7) is -1.03. The van der Waals surface area contributed by atoms with Gasteiger partial charge < -0.3 is 25.2 Å². The molecule has 1 aliphatic rings. The quantitative estimate of drug-likeness (QED) is 0.368. The Morgan fingerprint density at radius 3 is 2.08 bits per heavy atom. The third-order valence-corrected chi connectivity index (χ3v) is 1.84. The lowest BCUT2D eigenvalue weighted by atomic mass is 10.00. The fraction of sp³-hybridized carbons (Fsp3) is 1.00. The zero-order chi connectivity index (χ0) is 9.30. The van der Waals surface area contributed by atoms with E-state index in [9.17, 15) is 4.39 Å². The van der Waals surface area contributed by atoms with Crippen molar-refractivity contribution >= 4 is 0 Å². The normalized spacial score (nSPS) is 49.2. The van der Waals surface area contributed by atoms with E-state index in [2.05, 4.69) is 4.74 Å². The van der Waals surface area contributed by atoms with Crippen LogP contribution in [0.1, 0.15) is 0 Å². The van der Waals surface area contributed by atoms with Gasteiger partial charge in [0.1, 0.15) is 31.1 Å². The van der Waals surface area contributed by atoms with Crippen LogP contribution in [-0.4, -0.2) is 57.8 Å². The van der Waals surface area contributed by atoms with Crippen LogP contribution in [0.4, 0.5) is 4.39 Å². The highest BCUT2D eigenvalue weighted by Gasteiger charge is 2.42. The number of ether oxygens (including phenoxy) is 1. The lowest BCUT2D eigenvalue weighted by Crippen LogP contribution is -2.58. The van der Waals surface area contributed by atoms with E-state index in [4.69, 9.17) is 20.4 Å². The molecule has 12 heavy (non-hydrogen) atoms. The lowest BCUT2D eigenvalue weighted by Gasteiger charge is -2.37. The molecule has 0 aromatic carbocycles. The smallest absolute Gasteiger partial charge is 0.184 e. The fourth-order valence-corrected chi connectivity index (χ4v) is 1.06. The van der Waals surface area contributed by atoms with Gasteiger partial charge in [-0.05, 0) is 0 Å². The monoisotopic (exact) mass is 182 g/mol. The third-order valence-electron chi connectivity index (χ3n) is 1.84. The van der Waals surface area contributed by atoms with Crippen molar-refractivity contribution in [3.8, 4) is 0 Å². The molecule has 0 saturated carbocycles. The molecule has 0 aromatic rings. The second-order valence-electron chi connectivity index (χ2n) is 2.69. The summed E-state index contributed by atoms with van der Waals surface area (Å²) < 4.78 is 16.5. The van der Waals surface area contributed by atoms with Crippen molar-refractivity contribution < 1.29 is 29.6 Å². The molecular weight excluding hydrogens is 171 g/mol. The molecule has 1 fully saturated rings. The van der Waals surface area contributed by atoms with Crippen LogP contribution in [0.2, 0.25) is 0 Å². The van der Waals surface area contributed by atoms with Crippen LogP contribution in [0.5, 0.6) is 0 Å². The maximum atomic E-state index is 12.0. The SMILES string of the molecule is OC1O[C@H](CF)[C@@H](O)[C@H](O)[C@@H]1O. The molecule has 1 unspecified atom stereocenters. The highest BCUT2D eigenvalue weighted by Crippen LogP contribution is 2.19. The predicted molar refractivity (Wildman–Crippen MR) is 34.9 cm³/mol. The molecule has 1 aliphatic heterocycles. The van der Waals surface area contributed by atoms with Crippen molar-refractivity contribution in [1.29, 1.82) is 0 Å². The first kappa shape index (κ1) is 9.82. The summed E-state index contributed by atoms with van der Waals surface area (Å²) in [7, 11) is 0. The van der Waals surface area contributed by atoms with Crippen LogP contribution < -0.4 is 0 Å². The average Bonchev–Trinajstić information content (AvgIpc) is 2.08. The van der Waals surface area contributed by atoms with Crippen molar-refractivity contribution in [2.45, 2.75) is 30.7 Å². The first-order valence-corrected chi connectivity index (χ1v) is 3.51. The van der Waals surface area contributed by atoms with Gasteiger partial charge in [-0.25, -0.2) is 4.39 Å². The molecule has 5 atom stereocenters. The highest BCUT2D eigenvalue weighted by atomic mass is 19.1. The molecule has 0 radical (unpaired) electrons. The Morgan fingerprint density at radius 1 is 1.00 bits per heavy atom. The van der Waals surface area contributed by atoms with Gasteiger partial charge >= 0.3 is 0 Å². The van der Waals surface area contributed by atoms with Crippen molar-refractivity contribution in [2.75, 3.05) is 6.67 Å². The Labute approximate surface area is 68.0 Å². The molecule has 6 heteroatoms. The molecular formula is C6H11FO5. The van der Waals surface area contributed by atoms with Gasteiger partial charge in [-0.15, -0.1) is 0 Å². The van der Waals surface area contributed by atoms with Gasteiger partial charge in [0.2, 0.25) is 0 Å². The number of halogens is 1. The van der Waals surface area contributed by atoms with E-state index in [1.807, 2.05) is 0 Å². The summed E-state index contributed by atoms with van der Waals surface area (Å²) in [5, 5.41) is 35.8. The van der Waals surface area contributed by atoms with E-state index in [1.165, 1.54) is 0 Å². The molecule has 0 aromatic heterocycles. The van der Waals surface area contributed by atoms with Crippen LogP contribution in [0.15, 0.2) is 0 Å². The van der Waals surface area contributed by atoms with Crippen LogP contribution in [0.3, 0.4) is 0 Å². The summed E-state index contributed by atoms with van der Waals surface area (Å²) in [6.07, 6.45) is -7.60. The topological polar surface area (TPSA) is 90.2 Å². The predicted octanol–water partition coefficient (Wildman–Crippen LogP) is -2.24. The molecule has 0 spiro atoms. The standard InChI is InChI=1S/C6H11FO5/c7-1-2-3(8)4(9)5(10)6(11)12-2/h2-6,8-11H,1H2/t2-,3-,4+,5+,6?/m1/s1. The Balaban J connectivity index is 2.63. The second kappa shape index (κ2) is 3.63. The first-order chi connectivity index (χ1) is 5.57. The van der Waals surface area contributed by atoms with Crippen LogP contribution in [0, 0.1) is 0 Å². The number of hydrogen-bond donors (Lipinski definition) is 4. The highest BCUT2D eigenvalue weighted by molar-refractivity contribution is 4.88. The Hall–Kier alpha value is -0.270. The van der Waals surface area contributed by atoms with E-state index in [0.717, 1.165) is 0 Å². The fourth-order valence-electron chi connectivity index (χ4n) is 1.06. The summed E-state index contributed by atoms with van der Waals surface area (Å²) in [4.78, 5) is 0. The summed E-state index contributed by atoms with van der Waals surface area (Å²) in [5.74, 6) is 0. The van der Waals surface area contributed by atoms with Gasteiger partial charge in [-0.2, -0.15) is 0 Å². The zero-order valence-corrected chi connectivity index (χ0v) is 6.17. The van der Waals surface area contributed by atoms with Crippen LogP contribution in [0.25, 0.3) is 0 Å². The number of rotatable bonds is 1. The molecule has 0 bridgehead atoms. The minimum atomic E-state index is -1.65. The maximum absolute atomic E-state index is 12.0. The number of alkyl halides is 1. The summed E-state index contributed by atoms with van der Waals surface area (Å²) >= 11 is 0. The molecule has 1 saturated heterocycles. The molecule has 1 heterocycles. The van der Waals surface area contributed by atoms with Gasteiger partial charge in [-0.1, -0.05) is 0 Å². The lowest BCUT2D eigenvalue weighted by molar-refractivity contribution is -0.283. The Kier molecular flexibility index (Phi) is 2.97. The molecule has 1 rings (SSSR count). The molecule has 0 aliphatic carbocycles. The summed E-state index contributed by atoms with van der Waals surface area (Å²) in [5.41, 5.74) is 0. The van der Waals surface area contributed by atoms with Crippen molar-refractivity contribution in [1.82, 2.24) is 0 Å². The minimum Gasteiger partial charge on any atom is -0.387 e. The van der Waals surface area contributed by atoms with Gasteiger partial charge in [0.15, 0.2) is 6.29 Å². The molecule has 5 nitrogen and oxygen atoms in total. The Morgan fingerprint density at radius 2 is 1.58 bits per heavy atom. The van der Waals surface area contributed by atoms with Crippen molar-refractivity contribution in [3.05, 3.63) is 0 Å².